The third-order valence-corrected chi connectivity index (χ3v) is 4.61. The number of rotatable bonds is 8. The van der Waals surface area contributed by atoms with E-state index in [-0.39, 0.29) is 5.91 Å². The summed E-state index contributed by atoms with van der Waals surface area (Å²) in [6.45, 7) is 4.62. The van der Waals surface area contributed by atoms with Gasteiger partial charge in [-0.1, -0.05) is 12.1 Å². The SMILES string of the molecule is CCNC(=NCc1ccc(C(=O)N(C)C)cc1)NCCNc1ncnc2c1cnn2C. The van der Waals surface area contributed by atoms with Crippen molar-refractivity contribution in [1.82, 2.24) is 35.3 Å². The summed E-state index contributed by atoms with van der Waals surface area (Å²) in [5.74, 6) is 1.48. The highest BCUT2D eigenvalue weighted by atomic mass is 16.2. The zero-order valence-electron chi connectivity index (χ0n) is 18.4. The molecule has 10 nitrogen and oxygen atoms in total. The van der Waals surface area contributed by atoms with Gasteiger partial charge in [0.25, 0.3) is 5.91 Å². The third-order valence-electron chi connectivity index (χ3n) is 4.61. The van der Waals surface area contributed by atoms with Crippen molar-refractivity contribution in [2.75, 3.05) is 39.0 Å². The number of nitrogens with zero attached hydrogens (tertiary/aromatic N) is 6. The van der Waals surface area contributed by atoms with Gasteiger partial charge < -0.3 is 20.9 Å². The lowest BCUT2D eigenvalue weighted by Gasteiger charge is -2.13. The van der Waals surface area contributed by atoms with Crippen molar-refractivity contribution in [3.8, 4) is 0 Å². The second-order valence-electron chi connectivity index (χ2n) is 7.17. The summed E-state index contributed by atoms with van der Waals surface area (Å²) >= 11 is 0. The molecule has 0 aliphatic carbocycles. The molecule has 0 unspecified atom stereocenters. The largest absolute Gasteiger partial charge is 0.368 e. The van der Waals surface area contributed by atoms with E-state index in [2.05, 4.69) is 36.0 Å². The highest BCUT2D eigenvalue weighted by molar-refractivity contribution is 5.93. The number of fused-ring (bicyclic) bond motifs is 1. The number of aliphatic imine (C=N–C) groups is 1. The average molecular weight is 424 g/mol. The van der Waals surface area contributed by atoms with Crippen molar-refractivity contribution in [3.63, 3.8) is 0 Å². The molecule has 10 heteroatoms. The number of aryl methyl sites for hydroxylation is 1. The van der Waals surface area contributed by atoms with Crippen LogP contribution in [-0.2, 0) is 13.6 Å². The molecular weight excluding hydrogens is 394 g/mol. The quantitative estimate of drug-likeness (QED) is 0.284. The maximum absolute atomic E-state index is 12.0. The fourth-order valence-electron chi connectivity index (χ4n) is 2.99. The Bertz CT molecular complexity index is 1040. The van der Waals surface area contributed by atoms with Gasteiger partial charge in [-0.05, 0) is 24.6 Å². The number of amides is 1. The number of carbonyl (C=O) groups excluding carboxylic acids is 1. The number of anilines is 1. The average Bonchev–Trinajstić information content (AvgIpc) is 3.16. The van der Waals surface area contributed by atoms with E-state index >= 15 is 0 Å². The van der Waals surface area contributed by atoms with Crippen LogP contribution in [0.25, 0.3) is 11.0 Å². The predicted molar refractivity (Wildman–Crippen MR) is 122 cm³/mol. The first-order valence-corrected chi connectivity index (χ1v) is 10.2. The Balaban J connectivity index is 1.53. The van der Waals surface area contributed by atoms with Gasteiger partial charge in [-0.25, -0.2) is 15.0 Å². The topological polar surface area (TPSA) is 112 Å². The summed E-state index contributed by atoms with van der Waals surface area (Å²) < 4.78 is 1.72. The van der Waals surface area contributed by atoms with Crippen LogP contribution in [0.15, 0.2) is 41.8 Å². The molecule has 1 aromatic carbocycles. The number of benzene rings is 1. The number of carbonyl (C=O) groups is 1. The molecule has 0 fully saturated rings. The van der Waals surface area contributed by atoms with Crippen LogP contribution in [0.1, 0.15) is 22.8 Å². The fourth-order valence-corrected chi connectivity index (χ4v) is 2.99. The molecule has 3 aromatic rings. The van der Waals surface area contributed by atoms with E-state index in [0.717, 1.165) is 34.9 Å². The van der Waals surface area contributed by atoms with Crippen LogP contribution in [0, 0.1) is 0 Å². The van der Waals surface area contributed by atoms with E-state index in [1.54, 1.807) is 29.9 Å². The van der Waals surface area contributed by atoms with Crippen molar-refractivity contribution in [1.29, 1.82) is 0 Å². The molecule has 0 radical (unpaired) electrons. The van der Waals surface area contributed by atoms with E-state index in [1.165, 1.54) is 6.33 Å². The van der Waals surface area contributed by atoms with Crippen LogP contribution >= 0.6 is 0 Å². The van der Waals surface area contributed by atoms with Crippen molar-refractivity contribution in [2.45, 2.75) is 13.5 Å². The number of nitrogens with one attached hydrogen (secondary N) is 3. The monoisotopic (exact) mass is 423 g/mol. The van der Waals surface area contributed by atoms with Crippen molar-refractivity contribution < 1.29 is 4.79 Å². The Labute approximate surface area is 181 Å². The van der Waals surface area contributed by atoms with Gasteiger partial charge in [0.2, 0.25) is 0 Å². The van der Waals surface area contributed by atoms with E-state index < -0.39 is 0 Å². The second-order valence-corrected chi connectivity index (χ2v) is 7.17. The molecule has 2 heterocycles. The molecule has 0 aliphatic rings. The molecular formula is C21H29N9O. The minimum atomic E-state index is -0.00944. The summed E-state index contributed by atoms with van der Waals surface area (Å²) in [5.41, 5.74) is 2.49. The Hall–Kier alpha value is -3.69. The minimum absolute atomic E-state index is 0.00944. The van der Waals surface area contributed by atoms with E-state index in [9.17, 15) is 4.79 Å². The number of aromatic nitrogens is 4. The molecule has 1 amide bonds. The zero-order valence-corrected chi connectivity index (χ0v) is 18.4. The highest BCUT2D eigenvalue weighted by Gasteiger charge is 2.08. The summed E-state index contributed by atoms with van der Waals surface area (Å²) in [6, 6.07) is 7.52. The van der Waals surface area contributed by atoms with Gasteiger partial charge in [0.15, 0.2) is 11.6 Å². The van der Waals surface area contributed by atoms with Gasteiger partial charge in [0.1, 0.15) is 12.1 Å². The van der Waals surface area contributed by atoms with Gasteiger partial charge in [-0.15, -0.1) is 0 Å². The fraction of sp³-hybridized carbons (Fsp3) is 0.381. The Morgan fingerprint density at radius 3 is 2.61 bits per heavy atom. The van der Waals surface area contributed by atoms with Crippen LogP contribution in [0.4, 0.5) is 5.82 Å². The van der Waals surface area contributed by atoms with Gasteiger partial charge in [0, 0.05) is 46.3 Å². The van der Waals surface area contributed by atoms with Crippen LogP contribution in [0.2, 0.25) is 0 Å². The molecule has 3 rings (SSSR count). The second kappa shape index (κ2) is 10.4. The number of guanidine groups is 1. The maximum atomic E-state index is 12.0. The van der Waals surface area contributed by atoms with Crippen LogP contribution in [0.5, 0.6) is 0 Å². The molecule has 0 saturated carbocycles. The molecule has 0 bridgehead atoms. The molecule has 0 aliphatic heterocycles. The molecule has 2 aromatic heterocycles. The summed E-state index contributed by atoms with van der Waals surface area (Å²) in [5, 5.41) is 15.0. The third kappa shape index (κ3) is 5.68. The lowest BCUT2D eigenvalue weighted by Crippen LogP contribution is -2.39. The summed E-state index contributed by atoms with van der Waals surface area (Å²) in [7, 11) is 5.34. The first-order valence-electron chi connectivity index (χ1n) is 10.2. The van der Waals surface area contributed by atoms with Gasteiger partial charge >= 0.3 is 0 Å². The summed E-state index contributed by atoms with van der Waals surface area (Å²) in [4.78, 5) is 26.7. The van der Waals surface area contributed by atoms with Crippen LogP contribution < -0.4 is 16.0 Å². The molecule has 0 atom stereocenters. The van der Waals surface area contributed by atoms with Gasteiger partial charge in [0.05, 0.1) is 18.1 Å². The maximum Gasteiger partial charge on any atom is 0.253 e. The van der Waals surface area contributed by atoms with Crippen molar-refractivity contribution in [2.24, 2.45) is 12.0 Å². The number of hydrogen-bond acceptors (Lipinski definition) is 6. The lowest BCUT2D eigenvalue weighted by atomic mass is 10.1. The first kappa shape index (κ1) is 22.0. The van der Waals surface area contributed by atoms with Gasteiger partial charge in [-0.2, -0.15) is 5.10 Å². The van der Waals surface area contributed by atoms with E-state index in [0.29, 0.717) is 25.2 Å². The van der Waals surface area contributed by atoms with E-state index in [4.69, 9.17) is 0 Å². The van der Waals surface area contributed by atoms with Crippen LogP contribution in [0.3, 0.4) is 0 Å². The highest BCUT2D eigenvalue weighted by Crippen LogP contribution is 2.17. The Morgan fingerprint density at radius 1 is 1.13 bits per heavy atom. The number of hydrogen-bond donors (Lipinski definition) is 3. The minimum Gasteiger partial charge on any atom is -0.368 e. The summed E-state index contributed by atoms with van der Waals surface area (Å²) in [6.07, 6.45) is 3.29. The van der Waals surface area contributed by atoms with Crippen molar-refractivity contribution >= 4 is 28.7 Å². The smallest absolute Gasteiger partial charge is 0.253 e. The van der Waals surface area contributed by atoms with E-state index in [1.807, 2.05) is 38.2 Å². The molecule has 0 spiro atoms. The molecule has 3 N–H and O–H groups in total. The van der Waals surface area contributed by atoms with Crippen molar-refractivity contribution in [3.05, 3.63) is 47.9 Å². The molecule has 0 saturated heterocycles. The molecule has 31 heavy (non-hydrogen) atoms. The molecule has 164 valence electrons. The zero-order chi connectivity index (χ0) is 22.2. The Kier molecular flexibility index (Phi) is 7.36. The normalized spacial score (nSPS) is 11.4. The lowest BCUT2D eigenvalue weighted by molar-refractivity contribution is 0.0827. The standard InChI is InChI=1S/C21H29N9O/c1-5-22-21(25-12-15-6-8-16(9-7-15)20(31)29(2)3)24-11-10-23-18-17-13-28-30(4)19(17)27-14-26-18/h6-9,13-14H,5,10-12H2,1-4H3,(H2,22,24,25)(H,23,26,27). The van der Waals surface area contributed by atoms with Gasteiger partial charge in [-0.3, -0.25) is 9.48 Å². The first-order chi connectivity index (χ1) is 15.0. The Morgan fingerprint density at radius 2 is 1.90 bits per heavy atom. The predicted octanol–water partition coefficient (Wildman–Crippen LogP) is 1.23. The van der Waals surface area contributed by atoms with Crippen LogP contribution in [-0.4, -0.2) is 70.2 Å².